The van der Waals surface area contributed by atoms with Crippen LogP contribution in [0.3, 0.4) is 0 Å². The maximum atomic E-state index is 2.45. The van der Waals surface area contributed by atoms with Crippen LogP contribution >= 0.6 is 0 Å². The van der Waals surface area contributed by atoms with Gasteiger partial charge in [-0.15, -0.1) is 0 Å². The Morgan fingerprint density at radius 1 is 0.277 bits per heavy atom. The van der Waals surface area contributed by atoms with Gasteiger partial charge in [0.2, 0.25) is 0 Å². The van der Waals surface area contributed by atoms with Crippen molar-refractivity contribution in [2.45, 2.75) is 0 Å². The van der Waals surface area contributed by atoms with E-state index in [9.17, 15) is 0 Å². The Kier molecular flexibility index (Phi) is 4.90. The van der Waals surface area contributed by atoms with Gasteiger partial charge in [0.1, 0.15) is 0 Å². The van der Waals surface area contributed by atoms with Crippen LogP contribution in [0.1, 0.15) is 0 Å². The number of hydrogen-bond donors (Lipinski definition) is 0. The fourth-order valence-corrected chi connectivity index (χ4v) is 8.51. The van der Waals surface area contributed by atoms with Crippen molar-refractivity contribution in [2.24, 2.45) is 0 Å². The predicted octanol–water partition coefficient (Wildman–Crippen LogP) is 12.7. The molecule has 0 atom stereocenters. The summed E-state index contributed by atoms with van der Waals surface area (Å²) in [6.45, 7) is 0. The average Bonchev–Trinajstić information content (AvgIpc) is 3.65. The van der Waals surface area contributed by atoms with Crippen LogP contribution < -0.4 is 0 Å². The van der Waals surface area contributed by atoms with Crippen molar-refractivity contribution in [2.75, 3.05) is 0 Å². The minimum Gasteiger partial charge on any atom is -0.309 e. The van der Waals surface area contributed by atoms with E-state index in [0.717, 1.165) is 0 Å². The van der Waals surface area contributed by atoms with Crippen molar-refractivity contribution in [3.8, 4) is 39.1 Å². The molecule has 0 saturated heterocycles. The summed E-state index contributed by atoms with van der Waals surface area (Å²) in [6, 6.07) is 60.7. The van der Waals surface area contributed by atoms with Crippen molar-refractivity contribution < 1.29 is 0 Å². The molecule has 9 aromatic carbocycles. The van der Waals surface area contributed by atoms with Crippen molar-refractivity contribution in [1.29, 1.82) is 0 Å². The molecule has 0 amide bonds. The van der Waals surface area contributed by atoms with E-state index >= 15 is 0 Å². The molecule has 216 valence electrons. The van der Waals surface area contributed by atoms with Crippen LogP contribution in [0.15, 0.2) is 164 Å². The Morgan fingerprint density at radius 3 is 1.55 bits per heavy atom. The number of hydrogen-bond acceptors (Lipinski definition) is 0. The van der Waals surface area contributed by atoms with Crippen LogP contribution in [0.5, 0.6) is 0 Å². The smallest absolute Gasteiger partial charge is 0.0541 e. The van der Waals surface area contributed by atoms with E-state index < -0.39 is 0 Å². The number of para-hydroxylation sites is 1. The molecule has 0 fully saturated rings. The van der Waals surface area contributed by atoms with Gasteiger partial charge in [-0.25, -0.2) is 0 Å². The van der Waals surface area contributed by atoms with Gasteiger partial charge >= 0.3 is 0 Å². The normalized spacial score (nSPS) is 12.3. The first-order valence-corrected chi connectivity index (χ1v) is 16.4. The molecule has 47 heavy (non-hydrogen) atoms. The predicted molar refractivity (Wildman–Crippen MR) is 201 cm³/mol. The monoisotopic (exact) mass is 593 g/mol. The SMILES string of the molecule is c1ccc2c(c1)-c1cccc3c(-c4ccc5c(c4)c4ccccc4n5-c4ccc5c6ccccc6c6ccccc6c5c4)ccc-2c13. The maximum absolute atomic E-state index is 2.45. The number of aromatic nitrogens is 1. The average molecular weight is 594 g/mol. The Balaban J connectivity index is 1.16. The van der Waals surface area contributed by atoms with Crippen molar-refractivity contribution >= 4 is 64.9 Å². The fourth-order valence-electron chi connectivity index (χ4n) is 8.51. The van der Waals surface area contributed by atoms with Crippen molar-refractivity contribution in [1.82, 2.24) is 4.57 Å². The van der Waals surface area contributed by atoms with Gasteiger partial charge in [-0.1, -0.05) is 133 Å². The largest absolute Gasteiger partial charge is 0.309 e. The molecule has 0 spiro atoms. The van der Waals surface area contributed by atoms with Gasteiger partial charge in [-0.3, -0.25) is 0 Å². The lowest BCUT2D eigenvalue weighted by atomic mass is 9.93. The summed E-state index contributed by atoms with van der Waals surface area (Å²) in [5, 5.41) is 13.0. The lowest BCUT2D eigenvalue weighted by Gasteiger charge is -2.14. The summed E-state index contributed by atoms with van der Waals surface area (Å²) in [7, 11) is 0. The first-order chi connectivity index (χ1) is 23.3. The number of nitrogens with zero attached hydrogens (tertiary/aromatic N) is 1. The highest BCUT2D eigenvalue weighted by Gasteiger charge is 2.23. The van der Waals surface area contributed by atoms with Gasteiger partial charge in [-0.2, -0.15) is 0 Å². The summed E-state index contributed by atoms with van der Waals surface area (Å²) in [5.74, 6) is 0. The van der Waals surface area contributed by atoms with Gasteiger partial charge in [-0.05, 0) is 107 Å². The van der Waals surface area contributed by atoms with Crippen LogP contribution in [-0.2, 0) is 0 Å². The molecule has 0 unspecified atom stereocenters. The summed E-state index contributed by atoms with van der Waals surface area (Å²) in [5.41, 5.74) is 11.5. The Labute approximate surface area is 271 Å². The zero-order valence-corrected chi connectivity index (χ0v) is 25.5. The third-order valence-electron chi connectivity index (χ3n) is 10.5. The number of rotatable bonds is 2. The second-order valence-corrected chi connectivity index (χ2v) is 12.8. The van der Waals surface area contributed by atoms with E-state index in [1.54, 1.807) is 0 Å². The second kappa shape index (κ2) is 9.19. The van der Waals surface area contributed by atoms with E-state index in [2.05, 4.69) is 168 Å². The minimum absolute atomic E-state index is 1.18. The summed E-state index contributed by atoms with van der Waals surface area (Å²) < 4.78 is 2.45. The topological polar surface area (TPSA) is 4.93 Å². The van der Waals surface area contributed by atoms with E-state index in [0.29, 0.717) is 0 Å². The molecule has 1 aliphatic rings. The zero-order chi connectivity index (χ0) is 30.6. The Bertz CT molecular complexity index is 2890. The molecule has 0 N–H and O–H groups in total. The third-order valence-corrected chi connectivity index (χ3v) is 10.5. The molecule has 1 heteroatoms. The summed E-state index contributed by atoms with van der Waals surface area (Å²) >= 11 is 0. The molecule has 0 aliphatic heterocycles. The molecule has 1 nitrogen and oxygen atoms in total. The van der Waals surface area contributed by atoms with Crippen LogP contribution in [0.4, 0.5) is 0 Å². The van der Waals surface area contributed by atoms with E-state index in [1.807, 2.05) is 0 Å². The first kappa shape index (κ1) is 25.1. The molecule has 1 aromatic heterocycles. The number of fused-ring (bicyclic) bond motifs is 12. The highest BCUT2D eigenvalue weighted by Crippen LogP contribution is 2.49. The van der Waals surface area contributed by atoms with Gasteiger partial charge in [0.25, 0.3) is 0 Å². The van der Waals surface area contributed by atoms with Gasteiger partial charge in [0.15, 0.2) is 0 Å². The van der Waals surface area contributed by atoms with Gasteiger partial charge < -0.3 is 4.57 Å². The highest BCUT2D eigenvalue weighted by atomic mass is 15.0. The Hall–Kier alpha value is -6.18. The van der Waals surface area contributed by atoms with E-state index in [-0.39, 0.29) is 0 Å². The molecule has 1 aliphatic carbocycles. The van der Waals surface area contributed by atoms with Gasteiger partial charge in [0, 0.05) is 16.5 Å². The fraction of sp³-hybridized carbons (Fsp3) is 0. The molecule has 0 radical (unpaired) electrons. The standard InChI is InChI=1S/C46H27N/c1-2-12-33-31(10-1)32-11-3-6-15-36(32)42-27-29(21-22-37(33)42)47-44-19-8-7-16-38(44)43-26-28(20-25-45(43)47)30-23-24-41-35-14-5-4-13-34(35)40-18-9-17-39(30)46(40)41/h1-27H. The van der Waals surface area contributed by atoms with Crippen LogP contribution in [0, 0.1) is 0 Å². The van der Waals surface area contributed by atoms with Crippen molar-refractivity contribution in [3.63, 3.8) is 0 Å². The third kappa shape index (κ3) is 3.33. The first-order valence-electron chi connectivity index (χ1n) is 16.4. The number of benzene rings is 9. The molecule has 1 heterocycles. The van der Waals surface area contributed by atoms with Crippen LogP contribution in [0.25, 0.3) is 104 Å². The van der Waals surface area contributed by atoms with E-state index in [1.165, 1.54) is 104 Å². The van der Waals surface area contributed by atoms with Crippen LogP contribution in [0.2, 0.25) is 0 Å². The summed E-state index contributed by atoms with van der Waals surface area (Å²) in [4.78, 5) is 0. The van der Waals surface area contributed by atoms with Crippen LogP contribution in [-0.4, -0.2) is 4.57 Å². The molecular formula is C46H27N. The maximum Gasteiger partial charge on any atom is 0.0541 e. The lowest BCUT2D eigenvalue weighted by molar-refractivity contribution is 1.19. The zero-order valence-electron chi connectivity index (χ0n) is 25.5. The second-order valence-electron chi connectivity index (χ2n) is 12.8. The lowest BCUT2D eigenvalue weighted by Crippen LogP contribution is -1.94. The highest BCUT2D eigenvalue weighted by molar-refractivity contribution is 6.26. The van der Waals surface area contributed by atoms with Crippen molar-refractivity contribution in [3.05, 3.63) is 164 Å². The molecule has 11 rings (SSSR count). The molecule has 0 bridgehead atoms. The van der Waals surface area contributed by atoms with E-state index in [4.69, 9.17) is 0 Å². The molecule has 0 saturated carbocycles. The quantitative estimate of drug-likeness (QED) is 0.176. The Morgan fingerprint density at radius 2 is 0.809 bits per heavy atom. The molecular weight excluding hydrogens is 567 g/mol. The molecule has 10 aromatic rings. The van der Waals surface area contributed by atoms with Gasteiger partial charge in [0.05, 0.1) is 11.0 Å². The minimum atomic E-state index is 1.18. The summed E-state index contributed by atoms with van der Waals surface area (Å²) in [6.07, 6.45) is 0.